The van der Waals surface area contributed by atoms with Crippen LogP contribution in [0.5, 0.6) is 0 Å². The molecule has 0 unspecified atom stereocenters. The first-order valence-electron chi connectivity index (χ1n) is 7.82. The van der Waals surface area contributed by atoms with Crippen LogP contribution in [-0.2, 0) is 0 Å². The van der Waals surface area contributed by atoms with E-state index in [2.05, 4.69) is 15.5 Å². The molecule has 0 spiro atoms. The molecule has 0 aliphatic heterocycles. The highest BCUT2D eigenvalue weighted by Crippen LogP contribution is 2.23. The Bertz CT molecular complexity index is 1150. The summed E-state index contributed by atoms with van der Waals surface area (Å²) in [6.45, 7) is 1.93. The Morgan fingerprint density at radius 1 is 1.12 bits per heavy atom. The van der Waals surface area contributed by atoms with Crippen LogP contribution >= 0.6 is 11.3 Å². The maximum absolute atomic E-state index is 12.3. The normalized spacial score (nSPS) is 10.8. The smallest absolute Gasteiger partial charge is 0.257 e. The average Bonchev–Trinajstić information content (AvgIpc) is 3.15. The van der Waals surface area contributed by atoms with E-state index < -0.39 is 0 Å². The third kappa shape index (κ3) is 3.12. The summed E-state index contributed by atoms with van der Waals surface area (Å²) in [5.74, 6) is 0.186. The van der Waals surface area contributed by atoms with Gasteiger partial charge in [0.2, 0.25) is 5.13 Å². The molecule has 0 aliphatic carbocycles. The van der Waals surface area contributed by atoms with Gasteiger partial charge in [0.15, 0.2) is 5.43 Å². The maximum Gasteiger partial charge on any atom is 0.257 e. The third-order valence-electron chi connectivity index (χ3n) is 3.89. The lowest BCUT2D eigenvalue weighted by Crippen LogP contribution is -2.11. The number of carbonyl (C=O) groups excluding carboxylic acids is 1. The van der Waals surface area contributed by atoms with E-state index in [4.69, 9.17) is 4.42 Å². The van der Waals surface area contributed by atoms with Gasteiger partial charge in [0.25, 0.3) is 5.91 Å². The Balaban J connectivity index is 1.64. The number of rotatable bonds is 3. The van der Waals surface area contributed by atoms with Crippen LogP contribution in [0.2, 0.25) is 0 Å². The largest absolute Gasteiger partial charge is 0.456 e. The Hall–Kier alpha value is -3.32. The third-order valence-corrected chi connectivity index (χ3v) is 4.50. The molecule has 0 saturated heterocycles. The molecule has 128 valence electrons. The molecule has 26 heavy (non-hydrogen) atoms. The van der Waals surface area contributed by atoms with Crippen molar-refractivity contribution in [3.05, 3.63) is 75.4 Å². The van der Waals surface area contributed by atoms with Gasteiger partial charge in [-0.3, -0.25) is 14.9 Å². The van der Waals surface area contributed by atoms with E-state index in [9.17, 15) is 9.59 Å². The maximum atomic E-state index is 12.3. The molecular formula is C19H13N3O3S. The summed E-state index contributed by atoms with van der Waals surface area (Å²) >= 11 is 1.25. The molecule has 7 heteroatoms. The molecule has 0 bridgehead atoms. The number of carbonyl (C=O) groups is 1. The zero-order valence-corrected chi connectivity index (χ0v) is 14.5. The van der Waals surface area contributed by atoms with Gasteiger partial charge >= 0.3 is 0 Å². The quantitative estimate of drug-likeness (QED) is 0.597. The molecule has 1 N–H and O–H groups in total. The summed E-state index contributed by atoms with van der Waals surface area (Å²) in [6.07, 6.45) is 0. The van der Waals surface area contributed by atoms with Gasteiger partial charge in [0.1, 0.15) is 16.9 Å². The highest BCUT2D eigenvalue weighted by molar-refractivity contribution is 7.13. The second kappa shape index (κ2) is 6.53. The molecule has 0 radical (unpaired) electrons. The molecular weight excluding hydrogens is 350 g/mol. The van der Waals surface area contributed by atoms with Crippen molar-refractivity contribution in [2.24, 2.45) is 0 Å². The zero-order chi connectivity index (χ0) is 18.1. The highest BCUT2D eigenvalue weighted by atomic mass is 32.1. The van der Waals surface area contributed by atoms with Gasteiger partial charge < -0.3 is 4.42 Å². The van der Waals surface area contributed by atoms with Gasteiger partial charge in [-0.2, -0.15) is 0 Å². The lowest BCUT2D eigenvalue weighted by Gasteiger charge is -2.05. The Kier molecular flexibility index (Phi) is 4.06. The SMILES string of the molecule is Cc1ccc2oc(-c3ccc(C(=O)Nc4nncs4)cc3)cc(=O)c2c1. The van der Waals surface area contributed by atoms with Crippen molar-refractivity contribution < 1.29 is 9.21 Å². The number of amides is 1. The number of aromatic nitrogens is 2. The van der Waals surface area contributed by atoms with Crippen molar-refractivity contribution >= 4 is 33.3 Å². The van der Waals surface area contributed by atoms with Gasteiger partial charge in [0, 0.05) is 17.2 Å². The molecule has 6 nitrogen and oxygen atoms in total. The van der Waals surface area contributed by atoms with Crippen molar-refractivity contribution in [1.82, 2.24) is 10.2 Å². The van der Waals surface area contributed by atoms with Gasteiger partial charge in [-0.1, -0.05) is 35.1 Å². The van der Waals surface area contributed by atoms with E-state index in [1.54, 1.807) is 35.8 Å². The van der Waals surface area contributed by atoms with Crippen LogP contribution in [-0.4, -0.2) is 16.1 Å². The summed E-state index contributed by atoms with van der Waals surface area (Å²) in [6, 6.07) is 13.8. The van der Waals surface area contributed by atoms with Crippen LogP contribution in [0.1, 0.15) is 15.9 Å². The molecule has 4 aromatic rings. The molecule has 2 aromatic heterocycles. The number of nitrogens with one attached hydrogen (secondary N) is 1. The summed E-state index contributed by atoms with van der Waals surface area (Å²) in [7, 11) is 0. The van der Waals surface area contributed by atoms with Gasteiger partial charge in [-0.25, -0.2) is 0 Å². The topological polar surface area (TPSA) is 85.1 Å². The fourth-order valence-corrected chi connectivity index (χ4v) is 3.04. The van der Waals surface area contributed by atoms with E-state index in [1.807, 2.05) is 19.1 Å². The van der Waals surface area contributed by atoms with Crippen LogP contribution in [0.25, 0.3) is 22.3 Å². The number of fused-ring (bicyclic) bond motifs is 1. The van der Waals surface area contributed by atoms with Gasteiger partial charge in [0.05, 0.1) is 5.39 Å². The number of benzene rings is 2. The van der Waals surface area contributed by atoms with Gasteiger partial charge in [-0.15, -0.1) is 10.2 Å². The van der Waals surface area contributed by atoms with Crippen LogP contribution in [0, 0.1) is 6.92 Å². The summed E-state index contributed by atoms with van der Waals surface area (Å²) in [4.78, 5) is 24.5. The lowest BCUT2D eigenvalue weighted by molar-refractivity contribution is 0.102. The number of hydrogen-bond donors (Lipinski definition) is 1. The van der Waals surface area contributed by atoms with Crippen molar-refractivity contribution in [3.8, 4) is 11.3 Å². The summed E-state index contributed by atoms with van der Waals surface area (Å²) < 4.78 is 5.85. The summed E-state index contributed by atoms with van der Waals surface area (Å²) in [5, 5.41) is 11.1. The first-order chi connectivity index (χ1) is 12.6. The molecule has 2 aromatic carbocycles. The molecule has 0 fully saturated rings. The predicted molar refractivity (Wildman–Crippen MR) is 101 cm³/mol. The van der Waals surface area contributed by atoms with Crippen LogP contribution < -0.4 is 10.7 Å². The van der Waals surface area contributed by atoms with Crippen molar-refractivity contribution in [2.45, 2.75) is 6.92 Å². The number of nitrogens with zero attached hydrogens (tertiary/aromatic N) is 2. The minimum absolute atomic E-state index is 0.0944. The number of hydrogen-bond acceptors (Lipinski definition) is 6. The molecule has 4 rings (SSSR count). The molecule has 0 aliphatic rings. The second-order valence-electron chi connectivity index (χ2n) is 5.75. The van der Waals surface area contributed by atoms with E-state index in [0.29, 0.717) is 27.4 Å². The number of aryl methyl sites for hydroxylation is 1. The minimum Gasteiger partial charge on any atom is -0.456 e. The fraction of sp³-hybridized carbons (Fsp3) is 0.0526. The highest BCUT2D eigenvalue weighted by Gasteiger charge is 2.10. The predicted octanol–water partition coefficient (Wildman–Crippen LogP) is 3.87. The standard InChI is InChI=1S/C19H13N3O3S/c1-11-2-7-16-14(8-11)15(23)9-17(25-16)12-3-5-13(6-4-12)18(24)21-19-22-20-10-26-19/h2-10H,1H3,(H,21,22,24). The molecule has 0 atom stereocenters. The molecule has 1 amide bonds. The average molecular weight is 363 g/mol. The zero-order valence-electron chi connectivity index (χ0n) is 13.7. The summed E-state index contributed by atoms with van der Waals surface area (Å²) in [5.41, 5.74) is 4.18. The monoisotopic (exact) mass is 363 g/mol. The van der Waals surface area contributed by atoms with E-state index >= 15 is 0 Å². The molecule has 0 saturated carbocycles. The first kappa shape index (κ1) is 16.2. The van der Waals surface area contributed by atoms with Crippen molar-refractivity contribution in [3.63, 3.8) is 0 Å². The van der Waals surface area contributed by atoms with E-state index in [1.165, 1.54) is 17.4 Å². The first-order valence-corrected chi connectivity index (χ1v) is 8.70. The van der Waals surface area contributed by atoms with Crippen LogP contribution in [0.15, 0.2) is 63.3 Å². The lowest BCUT2D eigenvalue weighted by atomic mass is 10.1. The van der Waals surface area contributed by atoms with Crippen LogP contribution in [0.4, 0.5) is 5.13 Å². The minimum atomic E-state index is -0.274. The van der Waals surface area contributed by atoms with E-state index in [0.717, 1.165) is 11.1 Å². The molecule has 2 heterocycles. The Labute approximate surface area is 152 Å². The van der Waals surface area contributed by atoms with Crippen LogP contribution in [0.3, 0.4) is 0 Å². The second-order valence-corrected chi connectivity index (χ2v) is 6.58. The van der Waals surface area contributed by atoms with Crippen molar-refractivity contribution in [2.75, 3.05) is 5.32 Å². The van der Waals surface area contributed by atoms with Gasteiger partial charge in [-0.05, 0) is 31.2 Å². The fourth-order valence-electron chi connectivity index (χ4n) is 2.60. The van der Waals surface area contributed by atoms with Crippen molar-refractivity contribution in [1.29, 1.82) is 0 Å². The Morgan fingerprint density at radius 2 is 1.92 bits per heavy atom. The Morgan fingerprint density at radius 3 is 2.65 bits per heavy atom. The number of anilines is 1. The van der Waals surface area contributed by atoms with E-state index in [-0.39, 0.29) is 11.3 Å².